The summed E-state index contributed by atoms with van der Waals surface area (Å²) in [5, 5.41) is 13.8. The maximum atomic E-state index is 10.9. The lowest BCUT2D eigenvalue weighted by Crippen LogP contribution is -2.22. The van der Waals surface area contributed by atoms with Crippen LogP contribution in [-0.4, -0.2) is 8.42 Å². The topological polar surface area (TPSA) is 96.0 Å². The van der Waals surface area contributed by atoms with Crippen molar-refractivity contribution in [3.8, 4) is 6.07 Å². The van der Waals surface area contributed by atoms with Crippen LogP contribution in [0.2, 0.25) is 0 Å². The van der Waals surface area contributed by atoms with E-state index in [1.54, 1.807) is 12.1 Å². The van der Waals surface area contributed by atoms with Crippen LogP contribution in [0.4, 0.5) is 5.69 Å². The van der Waals surface area contributed by atoms with Crippen molar-refractivity contribution >= 4 is 22.0 Å². The number of hydrogen-bond acceptors (Lipinski definition) is 3. The van der Waals surface area contributed by atoms with Crippen molar-refractivity contribution in [2.75, 3.05) is 4.72 Å². The van der Waals surface area contributed by atoms with Gasteiger partial charge in [-0.2, -0.15) is 13.7 Å². The number of allylic oxidation sites excluding steroid dienone is 1. The standard InChI is InChI=1S/C11H13N3O2S/c1-8(2)5-9-3-4-11(10(6-9)7-12)14-17(13,15)16/h3-6,14H,1-2H3,(H2,13,15,16). The SMILES string of the molecule is CC(C)=Cc1ccc(NS(N)(=O)=O)c(C#N)c1. The van der Waals surface area contributed by atoms with Gasteiger partial charge in [0.1, 0.15) is 6.07 Å². The first kappa shape index (κ1) is 13.2. The molecule has 6 heteroatoms. The predicted molar refractivity (Wildman–Crippen MR) is 67.2 cm³/mol. The number of hydrogen-bond donors (Lipinski definition) is 2. The number of nitrogens with one attached hydrogen (secondary N) is 1. The van der Waals surface area contributed by atoms with Gasteiger partial charge in [-0.3, -0.25) is 4.72 Å². The maximum absolute atomic E-state index is 10.9. The zero-order valence-electron chi connectivity index (χ0n) is 9.56. The first-order valence-corrected chi connectivity index (χ1v) is 6.36. The summed E-state index contributed by atoms with van der Waals surface area (Å²) in [6, 6.07) is 6.74. The van der Waals surface area contributed by atoms with Crippen LogP contribution >= 0.6 is 0 Å². The molecule has 0 fully saturated rings. The summed E-state index contributed by atoms with van der Waals surface area (Å²) >= 11 is 0. The third-order valence-corrected chi connectivity index (χ3v) is 2.38. The molecule has 0 aromatic heterocycles. The fourth-order valence-corrected chi connectivity index (χ4v) is 1.80. The van der Waals surface area contributed by atoms with Gasteiger partial charge in [-0.25, -0.2) is 5.14 Å². The van der Waals surface area contributed by atoms with Gasteiger partial charge in [0.05, 0.1) is 11.3 Å². The number of nitriles is 1. The second kappa shape index (κ2) is 4.99. The molecule has 1 aromatic carbocycles. The van der Waals surface area contributed by atoms with Gasteiger partial charge in [0.25, 0.3) is 10.2 Å². The average Bonchev–Trinajstić information content (AvgIpc) is 2.17. The zero-order valence-corrected chi connectivity index (χ0v) is 10.4. The Morgan fingerprint density at radius 3 is 2.59 bits per heavy atom. The monoisotopic (exact) mass is 251 g/mol. The summed E-state index contributed by atoms with van der Waals surface area (Å²) in [5.74, 6) is 0. The van der Waals surface area contributed by atoms with Gasteiger partial charge in [0.2, 0.25) is 0 Å². The third kappa shape index (κ3) is 4.26. The van der Waals surface area contributed by atoms with Crippen LogP contribution in [0.5, 0.6) is 0 Å². The van der Waals surface area contributed by atoms with Crippen LogP contribution in [0.1, 0.15) is 25.0 Å². The molecule has 0 bridgehead atoms. The number of rotatable bonds is 3. The molecular weight excluding hydrogens is 238 g/mol. The first-order valence-electron chi connectivity index (χ1n) is 4.81. The largest absolute Gasteiger partial charge is 0.296 e. The van der Waals surface area contributed by atoms with Gasteiger partial charge in [-0.05, 0) is 31.5 Å². The normalized spacial score (nSPS) is 10.5. The number of anilines is 1. The smallest absolute Gasteiger partial charge is 0.270 e. The quantitative estimate of drug-likeness (QED) is 0.853. The maximum Gasteiger partial charge on any atom is 0.296 e. The first-order chi connectivity index (χ1) is 7.81. The molecule has 0 aliphatic rings. The van der Waals surface area contributed by atoms with Gasteiger partial charge in [-0.15, -0.1) is 0 Å². The molecule has 0 saturated heterocycles. The van der Waals surface area contributed by atoms with Crippen molar-refractivity contribution in [1.82, 2.24) is 0 Å². The van der Waals surface area contributed by atoms with E-state index >= 15 is 0 Å². The molecule has 0 spiro atoms. The number of nitrogens with zero attached hydrogens (tertiary/aromatic N) is 1. The van der Waals surface area contributed by atoms with Crippen molar-refractivity contribution in [3.63, 3.8) is 0 Å². The lowest BCUT2D eigenvalue weighted by Gasteiger charge is -2.06. The fourth-order valence-electron chi connectivity index (χ4n) is 1.32. The van der Waals surface area contributed by atoms with Crippen LogP contribution in [0.3, 0.4) is 0 Å². The highest BCUT2D eigenvalue weighted by Crippen LogP contribution is 2.19. The minimum absolute atomic E-state index is 0.181. The average molecular weight is 251 g/mol. The van der Waals surface area contributed by atoms with Crippen LogP contribution in [0.15, 0.2) is 23.8 Å². The van der Waals surface area contributed by atoms with E-state index in [0.717, 1.165) is 11.1 Å². The lowest BCUT2D eigenvalue weighted by atomic mass is 10.1. The zero-order chi connectivity index (χ0) is 13.1. The molecule has 0 heterocycles. The Balaban J connectivity index is 3.20. The molecule has 0 atom stereocenters. The van der Waals surface area contributed by atoms with Crippen LogP contribution in [-0.2, 0) is 10.2 Å². The van der Waals surface area contributed by atoms with E-state index in [1.807, 2.05) is 26.0 Å². The van der Waals surface area contributed by atoms with E-state index in [9.17, 15) is 8.42 Å². The van der Waals surface area contributed by atoms with E-state index in [-0.39, 0.29) is 11.3 Å². The van der Waals surface area contributed by atoms with Crippen LogP contribution in [0, 0.1) is 11.3 Å². The molecule has 0 unspecified atom stereocenters. The summed E-state index contributed by atoms with van der Waals surface area (Å²) in [5.41, 5.74) is 2.33. The Bertz CT molecular complexity index is 594. The van der Waals surface area contributed by atoms with Gasteiger partial charge in [0, 0.05) is 0 Å². The molecule has 1 aromatic rings. The predicted octanol–water partition coefficient (Wildman–Crippen LogP) is 1.60. The fraction of sp³-hybridized carbons (Fsp3) is 0.182. The molecule has 1 rings (SSSR count). The highest BCUT2D eigenvalue weighted by atomic mass is 32.2. The summed E-state index contributed by atoms with van der Waals surface area (Å²) in [6.45, 7) is 3.87. The minimum atomic E-state index is -3.86. The van der Waals surface area contributed by atoms with Crippen molar-refractivity contribution < 1.29 is 8.42 Å². The Labute approximate surface area is 101 Å². The number of nitrogens with two attached hydrogens (primary N) is 1. The second-order valence-electron chi connectivity index (χ2n) is 3.79. The van der Waals surface area contributed by atoms with E-state index in [0.29, 0.717) is 0 Å². The van der Waals surface area contributed by atoms with E-state index in [1.165, 1.54) is 6.07 Å². The number of benzene rings is 1. The molecule has 0 aliphatic heterocycles. The Morgan fingerprint density at radius 2 is 2.12 bits per heavy atom. The second-order valence-corrected chi connectivity index (χ2v) is 5.08. The van der Waals surface area contributed by atoms with Crippen molar-refractivity contribution in [2.45, 2.75) is 13.8 Å². The summed E-state index contributed by atoms with van der Waals surface area (Å²) in [6.07, 6.45) is 1.89. The van der Waals surface area contributed by atoms with Gasteiger partial charge in [0.15, 0.2) is 0 Å². The summed E-state index contributed by atoms with van der Waals surface area (Å²) in [7, 11) is -3.86. The lowest BCUT2D eigenvalue weighted by molar-refractivity contribution is 0.603. The Hall–Kier alpha value is -1.84. The van der Waals surface area contributed by atoms with Crippen LogP contribution < -0.4 is 9.86 Å². The van der Waals surface area contributed by atoms with Gasteiger partial charge >= 0.3 is 0 Å². The molecule has 17 heavy (non-hydrogen) atoms. The molecule has 0 amide bonds. The summed E-state index contributed by atoms with van der Waals surface area (Å²) < 4.78 is 23.8. The van der Waals surface area contributed by atoms with Gasteiger partial charge in [-0.1, -0.05) is 17.7 Å². The van der Waals surface area contributed by atoms with Crippen molar-refractivity contribution in [1.29, 1.82) is 5.26 Å². The van der Waals surface area contributed by atoms with Crippen molar-refractivity contribution in [3.05, 3.63) is 34.9 Å². The Morgan fingerprint density at radius 1 is 1.47 bits per heavy atom. The highest BCUT2D eigenvalue weighted by Gasteiger charge is 2.07. The molecule has 5 nitrogen and oxygen atoms in total. The molecular formula is C11H13N3O2S. The molecule has 90 valence electrons. The van der Waals surface area contributed by atoms with E-state index < -0.39 is 10.2 Å². The third-order valence-electron chi connectivity index (χ3n) is 1.87. The van der Waals surface area contributed by atoms with Gasteiger partial charge < -0.3 is 0 Å². The highest BCUT2D eigenvalue weighted by molar-refractivity contribution is 7.90. The van der Waals surface area contributed by atoms with Crippen LogP contribution in [0.25, 0.3) is 6.08 Å². The molecule has 0 radical (unpaired) electrons. The molecule has 3 N–H and O–H groups in total. The van der Waals surface area contributed by atoms with E-state index in [4.69, 9.17) is 10.4 Å². The molecule has 0 saturated carbocycles. The summed E-state index contributed by atoms with van der Waals surface area (Å²) in [4.78, 5) is 0. The Kier molecular flexibility index (Phi) is 3.89. The van der Waals surface area contributed by atoms with E-state index in [2.05, 4.69) is 4.72 Å². The molecule has 0 aliphatic carbocycles. The minimum Gasteiger partial charge on any atom is -0.270 e. The van der Waals surface area contributed by atoms with Crippen molar-refractivity contribution in [2.24, 2.45) is 5.14 Å².